The molecule has 4 aromatic rings. The summed E-state index contributed by atoms with van der Waals surface area (Å²) in [6.07, 6.45) is -2.90. The molecule has 0 unspecified atom stereocenters. The molecule has 1 atom stereocenters. The lowest BCUT2D eigenvalue weighted by atomic mass is 10.0. The van der Waals surface area contributed by atoms with Crippen molar-refractivity contribution in [3.63, 3.8) is 0 Å². The van der Waals surface area contributed by atoms with E-state index in [9.17, 15) is 18.0 Å². The third-order valence-electron chi connectivity index (χ3n) is 4.99. The maximum absolute atomic E-state index is 14.5. The lowest BCUT2D eigenvalue weighted by molar-refractivity contribution is 0.146. The summed E-state index contributed by atoms with van der Waals surface area (Å²) in [6, 6.07) is 6.68. The highest BCUT2D eigenvalue weighted by Gasteiger charge is 2.21. The standard InChI is InChI=1S/C20H17F3N4O2/c1-9(11-5-4-6-12(17(11)21)18(22)23)24-19-14-7-15-16(29-20(28)27(15)3)8-13(14)10(2)25-26-19/h4-9,18H,1-3H3,(H,24,26)/t9-/m1/s1. The predicted molar refractivity (Wildman–Crippen MR) is 103 cm³/mol. The monoisotopic (exact) mass is 402 g/mol. The third kappa shape index (κ3) is 3.12. The molecule has 1 N–H and O–H groups in total. The van der Waals surface area contributed by atoms with Gasteiger partial charge in [0, 0.05) is 23.4 Å². The third-order valence-corrected chi connectivity index (χ3v) is 4.99. The quantitative estimate of drug-likeness (QED) is 0.539. The second-order valence-corrected chi connectivity index (χ2v) is 6.84. The second-order valence-electron chi connectivity index (χ2n) is 6.84. The molecule has 0 aliphatic rings. The molecule has 0 aliphatic carbocycles. The lowest BCUT2D eigenvalue weighted by Gasteiger charge is -2.18. The Balaban J connectivity index is 1.82. The molecule has 2 aromatic heterocycles. The van der Waals surface area contributed by atoms with E-state index in [0.29, 0.717) is 33.4 Å². The Labute approximate surface area is 163 Å². The molecule has 0 bridgehead atoms. The van der Waals surface area contributed by atoms with Crippen LogP contribution in [0.2, 0.25) is 0 Å². The molecule has 6 nitrogen and oxygen atoms in total. The number of nitrogens with one attached hydrogen (secondary N) is 1. The molecule has 0 amide bonds. The largest absolute Gasteiger partial charge is 0.419 e. The Morgan fingerprint density at radius 3 is 2.59 bits per heavy atom. The van der Waals surface area contributed by atoms with Gasteiger partial charge in [0.15, 0.2) is 11.4 Å². The van der Waals surface area contributed by atoms with E-state index in [1.54, 1.807) is 33.0 Å². The van der Waals surface area contributed by atoms with E-state index < -0.39 is 29.6 Å². The van der Waals surface area contributed by atoms with E-state index in [1.165, 1.54) is 16.7 Å². The minimum atomic E-state index is -2.90. The topological polar surface area (TPSA) is 73.0 Å². The van der Waals surface area contributed by atoms with Crippen LogP contribution >= 0.6 is 0 Å². The molecular weight excluding hydrogens is 385 g/mol. The van der Waals surface area contributed by atoms with Gasteiger partial charge in [-0.1, -0.05) is 18.2 Å². The first-order valence-corrected chi connectivity index (χ1v) is 8.87. The van der Waals surface area contributed by atoms with Crippen LogP contribution in [-0.4, -0.2) is 14.8 Å². The highest BCUT2D eigenvalue weighted by atomic mass is 19.3. The van der Waals surface area contributed by atoms with Crippen molar-refractivity contribution < 1.29 is 17.6 Å². The van der Waals surface area contributed by atoms with Gasteiger partial charge in [0.25, 0.3) is 6.43 Å². The summed E-state index contributed by atoms with van der Waals surface area (Å²) in [4.78, 5) is 11.8. The molecule has 29 heavy (non-hydrogen) atoms. The van der Waals surface area contributed by atoms with Crippen molar-refractivity contribution in [2.75, 3.05) is 5.32 Å². The summed E-state index contributed by atoms with van der Waals surface area (Å²) in [5, 5.41) is 12.7. The van der Waals surface area contributed by atoms with Gasteiger partial charge in [0.1, 0.15) is 5.82 Å². The van der Waals surface area contributed by atoms with Crippen molar-refractivity contribution in [2.45, 2.75) is 26.3 Å². The van der Waals surface area contributed by atoms with Gasteiger partial charge in [0.05, 0.1) is 22.8 Å². The summed E-state index contributed by atoms with van der Waals surface area (Å²) in [5.74, 6) is -1.11. The zero-order chi connectivity index (χ0) is 20.9. The Kier molecular flexibility index (Phi) is 4.52. The number of halogens is 3. The number of hydrogen-bond donors (Lipinski definition) is 1. The molecule has 0 radical (unpaired) electrons. The maximum Gasteiger partial charge on any atom is 0.419 e. The number of aromatic nitrogens is 3. The Hall–Kier alpha value is -3.36. The predicted octanol–water partition coefficient (Wildman–Crippen LogP) is 4.63. The van der Waals surface area contributed by atoms with Crippen LogP contribution in [0.15, 0.2) is 39.5 Å². The SMILES string of the molecule is Cc1nnc(N[C@H](C)c2cccc(C(F)F)c2F)c2cc3c(cc12)oc(=O)n3C. The van der Waals surface area contributed by atoms with E-state index >= 15 is 0 Å². The first-order valence-electron chi connectivity index (χ1n) is 8.87. The molecule has 2 heterocycles. The van der Waals surface area contributed by atoms with E-state index in [-0.39, 0.29) is 5.56 Å². The van der Waals surface area contributed by atoms with E-state index in [4.69, 9.17) is 4.42 Å². The van der Waals surface area contributed by atoms with E-state index in [2.05, 4.69) is 15.5 Å². The Morgan fingerprint density at radius 1 is 1.14 bits per heavy atom. The Morgan fingerprint density at radius 2 is 1.86 bits per heavy atom. The zero-order valence-electron chi connectivity index (χ0n) is 15.8. The van der Waals surface area contributed by atoms with Crippen LogP contribution < -0.4 is 11.1 Å². The number of rotatable bonds is 4. The summed E-state index contributed by atoms with van der Waals surface area (Å²) in [5.41, 5.74) is 1.05. The van der Waals surface area contributed by atoms with Crippen LogP contribution in [-0.2, 0) is 7.05 Å². The molecule has 0 spiro atoms. The van der Waals surface area contributed by atoms with Crippen molar-refractivity contribution in [3.8, 4) is 0 Å². The maximum atomic E-state index is 14.5. The van der Waals surface area contributed by atoms with Crippen LogP contribution in [0.25, 0.3) is 21.9 Å². The van der Waals surface area contributed by atoms with Crippen molar-refractivity contribution in [3.05, 3.63) is 63.5 Å². The molecular formula is C20H17F3N4O2. The van der Waals surface area contributed by atoms with Gasteiger partial charge in [-0.15, -0.1) is 5.10 Å². The number of nitrogens with zero attached hydrogens (tertiary/aromatic N) is 3. The van der Waals surface area contributed by atoms with Crippen LogP contribution in [0, 0.1) is 12.7 Å². The van der Waals surface area contributed by atoms with Crippen LogP contribution in [0.1, 0.15) is 36.2 Å². The fraction of sp³-hybridized carbons (Fsp3) is 0.250. The van der Waals surface area contributed by atoms with Gasteiger partial charge in [-0.05, 0) is 26.0 Å². The number of oxazole rings is 1. The van der Waals surface area contributed by atoms with Crippen molar-refractivity contribution in [1.29, 1.82) is 0 Å². The first-order chi connectivity index (χ1) is 13.8. The molecule has 0 aliphatic heterocycles. The first kappa shape index (κ1) is 19.0. The number of fused-ring (bicyclic) bond motifs is 2. The van der Waals surface area contributed by atoms with Crippen molar-refractivity contribution in [2.24, 2.45) is 7.05 Å². The zero-order valence-corrected chi connectivity index (χ0v) is 15.8. The second kappa shape index (κ2) is 6.91. The fourth-order valence-corrected chi connectivity index (χ4v) is 3.36. The molecule has 150 valence electrons. The molecule has 0 fully saturated rings. The fourth-order valence-electron chi connectivity index (χ4n) is 3.36. The van der Waals surface area contributed by atoms with Crippen LogP contribution in [0.4, 0.5) is 19.0 Å². The molecule has 0 saturated carbocycles. The van der Waals surface area contributed by atoms with Gasteiger partial charge in [-0.3, -0.25) is 4.57 Å². The van der Waals surface area contributed by atoms with Gasteiger partial charge in [-0.25, -0.2) is 18.0 Å². The molecule has 2 aromatic carbocycles. The molecule has 9 heteroatoms. The van der Waals surface area contributed by atoms with Crippen molar-refractivity contribution in [1.82, 2.24) is 14.8 Å². The average Bonchev–Trinajstić information content (AvgIpc) is 2.96. The number of hydrogen-bond acceptors (Lipinski definition) is 5. The average molecular weight is 402 g/mol. The van der Waals surface area contributed by atoms with Gasteiger partial charge >= 0.3 is 5.76 Å². The number of benzene rings is 2. The van der Waals surface area contributed by atoms with Gasteiger partial charge in [-0.2, -0.15) is 5.10 Å². The Bertz CT molecular complexity index is 1300. The number of aryl methyl sites for hydroxylation is 2. The summed E-state index contributed by atoms with van der Waals surface area (Å²) in [7, 11) is 1.59. The van der Waals surface area contributed by atoms with Crippen LogP contribution in [0.3, 0.4) is 0 Å². The van der Waals surface area contributed by atoms with Gasteiger partial charge < -0.3 is 9.73 Å². The molecule has 0 saturated heterocycles. The molecule has 4 rings (SSSR count). The lowest BCUT2D eigenvalue weighted by Crippen LogP contribution is -2.12. The summed E-state index contributed by atoms with van der Waals surface area (Å²) < 4.78 is 47.1. The van der Waals surface area contributed by atoms with Gasteiger partial charge in [0.2, 0.25) is 0 Å². The minimum absolute atomic E-state index is 0.0927. The minimum Gasteiger partial charge on any atom is -0.408 e. The summed E-state index contributed by atoms with van der Waals surface area (Å²) in [6.45, 7) is 3.41. The normalized spacial score (nSPS) is 12.8. The van der Waals surface area contributed by atoms with E-state index in [1.807, 2.05) is 0 Å². The van der Waals surface area contributed by atoms with Crippen LogP contribution in [0.5, 0.6) is 0 Å². The summed E-state index contributed by atoms with van der Waals surface area (Å²) >= 11 is 0. The van der Waals surface area contributed by atoms with Crippen molar-refractivity contribution >= 4 is 27.7 Å². The number of alkyl halides is 2. The highest BCUT2D eigenvalue weighted by Crippen LogP contribution is 2.32. The number of anilines is 1. The van der Waals surface area contributed by atoms with E-state index in [0.717, 1.165) is 6.07 Å². The highest BCUT2D eigenvalue weighted by molar-refractivity contribution is 6.00. The smallest absolute Gasteiger partial charge is 0.408 e.